The molecule has 2 saturated carbocycles. The lowest BCUT2D eigenvalue weighted by Gasteiger charge is -2.23. The van der Waals surface area contributed by atoms with Crippen molar-refractivity contribution in [3.63, 3.8) is 0 Å². The molecule has 2 amide bonds. The van der Waals surface area contributed by atoms with Crippen molar-refractivity contribution >= 4 is 75.6 Å². The molecule has 0 radical (unpaired) electrons. The first-order valence-electron chi connectivity index (χ1n) is 21.5. The lowest BCUT2D eigenvalue weighted by Crippen LogP contribution is -2.41. The highest BCUT2D eigenvalue weighted by atomic mass is 16.6. The molecule has 0 bridgehead atoms. The van der Waals surface area contributed by atoms with Gasteiger partial charge in [-0.3, -0.25) is 14.5 Å². The van der Waals surface area contributed by atoms with E-state index in [9.17, 15) is 28.8 Å². The number of para-hydroxylation sites is 3. The zero-order valence-electron chi connectivity index (χ0n) is 38.5. The minimum Gasteiger partial charge on any atom is -0.481 e. The second-order valence-corrected chi connectivity index (χ2v) is 17.0. The van der Waals surface area contributed by atoms with E-state index in [-0.39, 0.29) is 53.0 Å². The van der Waals surface area contributed by atoms with E-state index in [1.54, 1.807) is 49.4 Å². The molecule has 1 aromatic heterocycles. The van der Waals surface area contributed by atoms with Crippen molar-refractivity contribution in [2.45, 2.75) is 110 Å². The molecule has 9 N–H and O–H groups in total. The number of nitrogens with two attached hydrogens (primary N) is 3. The summed E-state index contributed by atoms with van der Waals surface area (Å²) in [6.45, 7) is 7.71. The number of methoxy groups -OCH3 is 3. The average Bonchev–Trinajstić information content (AvgIpc) is 4.14. The van der Waals surface area contributed by atoms with Crippen LogP contribution >= 0.6 is 0 Å². The third kappa shape index (κ3) is 12.8. The van der Waals surface area contributed by atoms with Gasteiger partial charge in [-0.1, -0.05) is 65.2 Å². The summed E-state index contributed by atoms with van der Waals surface area (Å²) in [5, 5.41) is 10.3. The number of carbonyl (C=O) groups excluding carboxylic acids is 6. The zero-order chi connectivity index (χ0) is 49.0. The fraction of sp³-hybridized carbons (Fsp3) is 0.458. The van der Waals surface area contributed by atoms with Gasteiger partial charge in [-0.15, -0.1) is 0 Å². The number of carboxylic acid groups (broad SMARTS) is 1. The molecule has 3 heterocycles. The molecule has 3 aromatic carbocycles. The molecular formula is C48H65N7O12. The van der Waals surface area contributed by atoms with Gasteiger partial charge >= 0.3 is 30.0 Å². The number of carbonyl (C=O) groups is 7. The smallest absolute Gasteiger partial charge is 0.418 e. The van der Waals surface area contributed by atoms with Gasteiger partial charge in [0.25, 0.3) is 5.97 Å². The summed E-state index contributed by atoms with van der Waals surface area (Å²) in [5.41, 5.74) is 20.2. The Balaban J connectivity index is 0.000000235. The third-order valence-corrected chi connectivity index (χ3v) is 12.2. The van der Waals surface area contributed by atoms with Crippen LogP contribution in [0.1, 0.15) is 136 Å². The van der Waals surface area contributed by atoms with E-state index in [1.165, 1.54) is 39.1 Å². The molecule has 364 valence electrons. The van der Waals surface area contributed by atoms with Crippen LogP contribution < -0.4 is 22.5 Å². The zero-order valence-corrected chi connectivity index (χ0v) is 38.5. The number of H-pyrrole nitrogens is 1. The predicted molar refractivity (Wildman–Crippen MR) is 253 cm³/mol. The summed E-state index contributed by atoms with van der Waals surface area (Å²) < 4.78 is 18.5. The molecule has 4 aromatic rings. The highest BCUT2D eigenvalue weighted by Gasteiger charge is 2.54. The third-order valence-electron chi connectivity index (χ3n) is 12.2. The maximum Gasteiger partial charge on any atom is 0.418 e. The topological polar surface area (TPSA) is 299 Å². The van der Waals surface area contributed by atoms with Gasteiger partial charge in [0.05, 0.1) is 66.3 Å². The van der Waals surface area contributed by atoms with Crippen LogP contribution in [0.15, 0.2) is 54.6 Å². The van der Waals surface area contributed by atoms with E-state index >= 15 is 0 Å². The predicted octanol–water partition coefficient (Wildman–Crippen LogP) is 7.64. The van der Waals surface area contributed by atoms with Crippen LogP contribution in [0.4, 0.5) is 27.5 Å². The van der Waals surface area contributed by atoms with Gasteiger partial charge in [-0.05, 0) is 81.8 Å². The summed E-state index contributed by atoms with van der Waals surface area (Å²) in [6.07, 6.45) is 9.87. The highest BCUT2D eigenvalue weighted by Crippen LogP contribution is 2.41. The number of nitrogen functional groups attached to an aromatic ring is 3. The number of carboxylic acids is 1. The van der Waals surface area contributed by atoms with E-state index in [1.807, 2.05) is 19.1 Å². The second-order valence-electron chi connectivity index (χ2n) is 17.0. The van der Waals surface area contributed by atoms with Crippen LogP contribution in [0, 0.1) is 5.41 Å². The van der Waals surface area contributed by atoms with Gasteiger partial charge in [0.1, 0.15) is 16.9 Å². The van der Waals surface area contributed by atoms with Crippen molar-refractivity contribution < 1.29 is 57.6 Å². The van der Waals surface area contributed by atoms with E-state index < -0.39 is 29.5 Å². The SMILES string of the molecule is C.CC(=O)O.COC(=O)c1cccc(N)c1N.COC(=O)c1cccc(NC(=O)C2(C)CCCC2)c1N.COC(=O)c1cccc2[nH]c(C3(C)CCCC3)nc12.C[C@]12CCCN1C(=O)OC2=O. The van der Waals surface area contributed by atoms with Gasteiger partial charge in [-0.25, -0.2) is 29.0 Å². The fourth-order valence-corrected chi connectivity index (χ4v) is 8.19. The number of hydrogen-bond acceptors (Lipinski definition) is 15. The molecular weight excluding hydrogens is 867 g/mol. The minimum atomic E-state index is -0.833. The molecule has 2 saturated heterocycles. The average molecular weight is 932 g/mol. The van der Waals surface area contributed by atoms with E-state index in [2.05, 4.69) is 36.4 Å². The molecule has 4 aliphatic rings. The molecule has 67 heavy (non-hydrogen) atoms. The highest BCUT2D eigenvalue weighted by molar-refractivity contribution is 6.04. The van der Waals surface area contributed by atoms with Crippen LogP contribution in [-0.4, -0.2) is 95.2 Å². The Kier molecular flexibility index (Phi) is 18.9. The number of nitrogens with zero attached hydrogens (tertiary/aromatic N) is 2. The van der Waals surface area contributed by atoms with E-state index in [0.717, 1.165) is 75.1 Å². The van der Waals surface area contributed by atoms with E-state index in [4.69, 9.17) is 31.8 Å². The van der Waals surface area contributed by atoms with E-state index in [0.29, 0.717) is 29.0 Å². The first-order chi connectivity index (χ1) is 31.2. The Morgan fingerprint density at radius 1 is 0.731 bits per heavy atom. The maximum atomic E-state index is 12.4. The summed E-state index contributed by atoms with van der Waals surface area (Å²) in [7, 11) is 3.99. The number of rotatable bonds is 6. The molecule has 0 unspecified atom stereocenters. The molecule has 2 aliphatic carbocycles. The van der Waals surface area contributed by atoms with Gasteiger partial charge < -0.3 is 51.6 Å². The fourth-order valence-electron chi connectivity index (χ4n) is 8.19. The van der Waals surface area contributed by atoms with Crippen molar-refractivity contribution in [3.8, 4) is 0 Å². The molecule has 4 fully saturated rings. The molecule has 1 atom stereocenters. The van der Waals surface area contributed by atoms with Gasteiger partial charge in [-0.2, -0.15) is 0 Å². The number of nitrogens with one attached hydrogen (secondary N) is 2. The Hall–Kier alpha value is -7.18. The summed E-state index contributed by atoms with van der Waals surface area (Å²) in [4.78, 5) is 87.3. The van der Waals surface area contributed by atoms with Crippen LogP contribution in [0.2, 0.25) is 0 Å². The van der Waals surface area contributed by atoms with Gasteiger partial charge in [0.15, 0.2) is 0 Å². The van der Waals surface area contributed by atoms with Crippen LogP contribution in [0.3, 0.4) is 0 Å². The molecule has 19 nitrogen and oxygen atoms in total. The minimum absolute atomic E-state index is 0. The van der Waals surface area contributed by atoms with Gasteiger partial charge in [0.2, 0.25) is 5.91 Å². The summed E-state index contributed by atoms with van der Waals surface area (Å²) in [6, 6.07) is 15.4. The number of anilines is 4. The number of ether oxygens (including phenoxy) is 4. The number of hydrogen-bond donors (Lipinski definition) is 6. The second kappa shape index (κ2) is 23.3. The number of amides is 2. The molecule has 2 aliphatic heterocycles. The van der Waals surface area contributed by atoms with Gasteiger partial charge in [0, 0.05) is 24.3 Å². The quantitative estimate of drug-likeness (QED) is 0.0468. The number of cyclic esters (lactones) is 2. The monoisotopic (exact) mass is 931 g/mol. The number of fused-ring (bicyclic) bond motifs is 2. The first kappa shape index (κ1) is 54.2. The Morgan fingerprint density at radius 2 is 1.22 bits per heavy atom. The van der Waals surface area contributed by atoms with Crippen molar-refractivity contribution in [3.05, 3.63) is 77.1 Å². The number of aromatic nitrogens is 2. The normalized spacial score (nSPS) is 18.0. The molecule has 19 heteroatoms. The number of esters is 4. The van der Waals surface area contributed by atoms with Crippen LogP contribution in [0.5, 0.6) is 0 Å². The van der Waals surface area contributed by atoms with Crippen molar-refractivity contribution in [1.29, 1.82) is 0 Å². The Labute approximate surface area is 390 Å². The number of imidazole rings is 1. The van der Waals surface area contributed by atoms with Crippen molar-refractivity contribution in [1.82, 2.24) is 14.9 Å². The number of aromatic amines is 1. The Bertz CT molecular complexity index is 2430. The summed E-state index contributed by atoms with van der Waals surface area (Å²) in [5.74, 6) is -1.58. The first-order valence-corrected chi connectivity index (χ1v) is 21.5. The number of aliphatic carboxylic acids is 1. The Morgan fingerprint density at radius 3 is 1.78 bits per heavy atom. The largest absolute Gasteiger partial charge is 0.481 e. The summed E-state index contributed by atoms with van der Waals surface area (Å²) >= 11 is 0. The lowest BCUT2D eigenvalue weighted by molar-refractivity contribution is -0.139. The van der Waals surface area contributed by atoms with Crippen molar-refractivity contribution in [2.24, 2.45) is 5.41 Å². The van der Waals surface area contributed by atoms with Crippen LogP contribution in [0.25, 0.3) is 11.0 Å². The molecule has 8 rings (SSSR count). The standard InChI is InChI=1S/C15H20N2O3.C15H18N2O2.C8H10N2O2.C7H9NO3.C2H4O2.CH4/c1-15(8-3-4-9-15)14(19)17-11-7-5-6-10(12(11)16)13(18)20-2;1-15(8-3-4-9-15)14-16-11-7-5-6-10(12(11)17-14)13(18)19-2;1-12-8(11)5-3-2-4-6(9)7(5)10;1-7-3-2-4-8(7)6(10)11-5(7)9;1-2(3)4;/h5-7H,3-4,8-9,16H2,1-2H3,(H,17,19);5-7H,3-4,8-9H2,1-2H3,(H,16,17);2-4H,9-10H2,1H3;2-4H2,1H3;1H3,(H,3,4);1H4/t;;;7-;;/m...1../s1. The van der Waals surface area contributed by atoms with Crippen LogP contribution in [-0.2, 0) is 38.7 Å². The van der Waals surface area contributed by atoms with Crippen molar-refractivity contribution in [2.75, 3.05) is 50.4 Å². The maximum absolute atomic E-state index is 12.4. The number of benzene rings is 3. The molecule has 0 spiro atoms. The lowest BCUT2D eigenvalue weighted by atomic mass is 9.87.